The van der Waals surface area contributed by atoms with Crippen molar-refractivity contribution in [3.63, 3.8) is 0 Å². The number of sulfonamides is 1. The van der Waals surface area contributed by atoms with E-state index in [0.29, 0.717) is 12.8 Å². The summed E-state index contributed by atoms with van der Waals surface area (Å²) in [6.45, 7) is 3.40. The van der Waals surface area contributed by atoms with Crippen molar-refractivity contribution in [1.29, 1.82) is 0 Å². The SMILES string of the molecule is CCC(O)(CC)CNS(=O)(=O)c1ccc(C(=O)O)c(Cl)c1. The normalized spacial score (nSPS) is 12.4. The molecule has 1 aromatic rings. The first-order chi connectivity index (χ1) is 9.65. The van der Waals surface area contributed by atoms with Gasteiger partial charge in [0.15, 0.2) is 0 Å². The standard InChI is InChI=1S/C13H18ClNO5S/c1-3-13(18,4-2)8-15-21(19,20)9-5-6-10(12(16)17)11(14)7-9/h5-7,15,18H,3-4,8H2,1-2H3,(H,16,17). The Labute approximate surface area is 128 Å². The van der Waals surface area contributed by atoms with Crippen LogP contribution in [0.4, 0.5) is 0 Å². The molecule has 0 bridgehead atoms. The molecule has 0 aromatic heterocycles. The van der Waals surface area contributed by atoms with Crippen molar-refractivity contribution in [3.05, 3.63) is 28.8 Å². The zero-order valence-corrected chi connectivity index (χ0v) is 13.3. The third-order valence-electron chi connectivity index (χ3n) is 3.39. The van der Waals surface area contributed by atoms with Crippen LogP contribution < -0.4 is 4.72 Å². The zero-order valence-electron chi connectivity index (χ0n) is 11.8. The van der Waals surface area contributed by atoms with Crippen LogP contribution in [0.15, 0.2) is 23.1 Å². The van der Waals surface area contributed by atoms with Crippen LogP contribution in [0.25, 0.3) is 0 Å². The number of aromatic carboxylic acids is 1. The van der Waals surface area contributed by atoms with Gasteiger partial charge in [-0.1, -0.05) is 25.4 Å². The number of nitrogens with one attached hydrogen (secondary N) is 1. The second-order valence-corrected chi connectivity index (χ2v) is 6.88. The van der Waals surface area contributed by atoms with Gasteiger partial charge in [-0.3, -0.25) is 0 Å². The molecule has 0 saturated carbocycles. The molecular formula is C13H18ClNO5S. The molecule has 0 unspecified atom stereocenters. The maximum Gasteiger partial charge on any atom is 0.337 e. The second kappa shape index (κ2) is 6.74. The molecule has 1 aromatic carbocycles. The van der Waals surface area contributed by atoms with Gasteiger partial charge in [0.05, 0.1) is 21.1 Å². The van der Waals surface area contributed by atoms with E-state index in [4.69, 9.17) is 16.7 Å². The van der Waals surface area contributed by atoms with Gasteiger partial charge in [-0.15, -0.1) is 0 Å². The Morgan fingerprint density at radius 2 is 1.90 bits per heavy atom. The molecule has 0 aliphatic carbocycles. The predicted octanol–water partition coefficient (Wildman–Crippen LogP) is 1.87. The summed E-state index contributed by atoms with van der Waals surface area (Å²) < 4.78 is 26.5. The minimum atomic E-state index is -3.87. The molecular weight excluding hydrogens is 318 g/mol. The first-order valence-electron chi connectivity index (χ1n) is 6.40. The van der Waals surface area contributed by atoms with Crippen molar-refractivity contribution in [2.45, 2.75) is 37.2 Å². The van der Waals surface area contributed by atoms with Crippen LogP contribution in [-0.4, -0.2) is 36.7 Å². The Morgan fingerprint density at radius 1 is 1.33 bits per heavy atom. The Balaban J connectivity index is 2.99. The van der Waals surface area contributed by atoms with E-state index < -0.39 is 21.6 Å². The van der Waals surface area contributed by atoms with Crippen molar-refractivity contribution in [1.82, 2.24) is 4.72 Å². The number of rotatable bonds is 7. The van der Waals surface area contributed by atoms with Crippen LogP contribution >= 0.6 is 11.6 Å². The number of hydrogen-bond acceptors (Lipinski definition) is 4. The van der Waals surface area contributed by atoms with Gasteiger partial charge >= 0.3 is 5.97 Å². The molecule has 0 heterocycles. The summed E-state index contributed by atoms with van der Waals surface area (Å²) in [5.41, 5.74) is -1.29. The average molecular weight is 336 g/mol. The van der Waals surface area contributed by atoms with E-state index in [2.05, 4.69) is 4.72 Å². The molecule has 0 radical (unpaired) electrons. The quantitative estimate of drug-likeness (QED) is 0.705. The molecule has 118 valence electrons. The number of benzene rings is 1. The molecule has 0 atom stereocenters. The van der Waals surface area contributed by atoms with Crippen molar-refractivity contribution in [2.75, 3.05) is 6.54 Å². The fourth-order valence-electron chi connectivity index (χ4n) is 1.65. The molecule has 21 heavy (non-hydrogen) atoms. The monoisotopic (exact) mass is 335 g/mol. The van der Waals surface area contributed by atoms with Gasteiger partial charge in [0.2, 0.25) is 10.0 Å². The van der Waals surface area contributed by atoms with Crippen LogP contribution in [0, 0.1) is 0 Å². The largest absolute Gasteiger partial charge is 0.478 e. The molecule has 0 saturated heterocycles. The third kappa shape index (κ3) is 4.41. The second-order valence-electron chi connectivity index (χ2n) is 4.70. The van der Waals surface area contributed by atoms with Gasteiger partial charge in [0.1, 0.15) is 0 Å². The van der Waals surface area contributed by atoms with Crippen LogP contribution in [0.1, 0.15) is 37.0 Å². The number of hydrogen-bond donors (Lipinski definition) is 3. The number of carboxylic acid groups (broad SMARTS) is 1. The fourth-order valence-corrected chi connectivity index (χ4v) is 3.12. The minimum absolute atomic E-state index is 0.124. The number of halogens is 1. The van der Waals surface area contributed by atoms with E-state index in [1.165, 1.54) is 0 Å². The highest BCUT2D eigenvalue weighted by molar-refractivity contribution is 7.89. The summed E-state index contributed by atoms with van der Waals surface area (Å²) in [6.07, 6.45) is 0.815. The van der Waals surface area contributed by atoms with Crippen molar-refractivity contribution in [2.24, 2.45) is 0 Å². The van der Waals surface area contributed by atoms with Gasteiger partial charge in [-0.05, 0) is 31.0 Å². The maximum atomic E-state index is 12.1. The van der Waals surface area contributed by atoms with E-state index in [0.717, 1.165) is 18.2 Å². The number of carboxylic acids is 1. The third-order valence-corrected chi connectivity index (χ3v) is 5.10. The molecule has 0 aliphatic rings. The van der Waals surface area contributed by atoms with Crippen molar-refractivity contribution in [3.8, 4) is 0 Å². The fraction of sp³-hybridized carbons (Fsp3) is 0.462. The lowest BCUT2D eigenvalue weighted by atomic mass is 9.98. The zero-order chi connectivity index (χ0) is 16.3. The molecule has 0 amide bonds. The van der Waals surface area contributed by atoms with Gasteiger partial charge < -0.3 is 10.2 Å². The van der Waals surface area contributed by atoms with Crippen LogP contribution in [0.3, 0.4) is 0 Å². The van der Waals surface area contributed by atoms with E-state index in [1.54, 1.807) is 13.8 Å². The minimum Gasteiger partial charge on any atom is -0.478 e. The van der Waals surface area contributed by atoms with E-state index >= 15 is 0 Å². The van der Waals surface area contributed by atoms with E-state index in [9.17, 15) is 18.3 Å². The number of carbonyl (C=O) groups is 1. The lowest BCUT2D eigenvalue weighted by molar-refractivity contribution is 0.0377. The maximum absolute atomic E-state index is 12.1. The molecule has 0 aliphatic heterocycles. The Kier molecular flexibility index (Phi) is 5.75. The summed E-state index contributed by atoms with van der Waals surface area (Å²) in [4.78, 5) is 10.7. The highest BCUT2D eigenvalue weighted by Gasteiger charge is 2.26. The highest BCUT2D eigenvalue weighted by Crippen LogP contribution is 2.21. The smallest absolute Gasteiger partial charge is 0.337 e. The average Bonchev–Trinajstić information content (AvgIpc) is 2.44. The summed E-state index contributed by atoms with van der Waals surface area (Å²) >= 11 is 5.75. The van der Waals surface area contributed by atoms with E-state index in [1.807, 2.05) is 0 Å². The van der Waals surface area contributed by atoms with Crippen molar-refractivity contribution >= 4 is 27.6 Å². The molecule has 6 nitrogen and oxygen atoms in total. The van der Waals surface area contributed by atoms with Gasteiger partial charge in [0, 0.05) is 6.54 Å². The first kappa shape index (κ1) is 17.9. The molecule has 0 spiro atoms. The van der Waals surface area contributed by atoms with Crippen LogP contribution in [-0.2, 0) is 10.0 Å². The highest BCUT2D eigenvalue weighted by atomic mass is 35.5. The molecule has 0 fully saturated rings. The molecule has 3 N–H and O–H groups in total. The summed E-state index contributed by atoms with van der Waals surface area (Å²) in [7, 11) is -3.87. The molecule has 1 rings (SSSR count). The summed E-state index contributed by atoms with van der Waals surface area (Å²) in [6, 6.07) is 3.37. The lowest BCUT2D eigenvalue weighted by Gasteiger charge is -2.25. The summed E-state index contributed by atoms with van der Waals surface area (Å²) in [5, 5.41) is 18.8. The first-order valence-corrected chi connectivity index (χ1v) is 8.26. The van der Waals surface area contributed by atoms with E-state index in [-0.39, 0.29) is 22.0 Å². The van der Waals surface area contributed by atoms with Gasteiger partial charge in [0.25, 0.3) is 0 Å². The predicted molar refractivity (Wildman–Crippen MR) is 79.1 cm³/mol. The Morgan fingerprint density at radius 3 is 2.33 bits per heavy atom. The Bertz CT molecular complexity index is 625. The molecule has 8 heteroatoms. The summed E-state index contributed by atoms with van der Waals surface area (Å²) in [5.74, 6) is -1.23. The van der Waals surface area contributed by atoms with Crippen LogP contribution in [0.2, 0.25) is 5.02 Å². The van der Waals surface area contributed by atoms with Crippen molar-refractivity contribution < 1.29 is 23.4 Å². The Hall–Kier alpha value is -1.15. The topological polar surface area (TPSA) is 104 Å². The van der Waals surface area contributed by atoms with Gasteiger partial charge in [-0.25, -0.2) is 17.9 Å². The van der Waals surface area contributed by atoms with Gasteiger partial charge in [-0.2, -0.15) is 0 Å². The number of aliphatic hydroxyl groups is 1. The van der Waals surface area contributed by atoms with Crippen LogP contribution in [0.5, 0.6) is 0 Å². The lowest BCUT2D eigenvalue weighted by Crippen LogP contribution is -2.41.